The molecule has 1 aliphatic rings. The standard InChI is InChI=1S/C11H16N4O3S/c12-9(15-17)11(1-3-18-4-2-11)10(16)14-6-8-5-13-7-19-8/h5,7,17H,1-4,6H2,(H2,12,15)(H,14,16). The van der Waals surface area contributed by atoms with Crippen LogP contribution in [0.5, 0.6) is 0 Å². The van der Waals surface area contributed by atoms with Crippen LogP contribution in [0.4, 0.5) is 0 Å². The molecule has 0 atom stereocenters. The van der Waals surface area contributed by atoms with Crippen LogP contribution in [-0.4, -0.2) is 35.1 Å². The van der Waals surface area contributed by atoms with Gasteiger partial charge in [-0.3, -0.25) is 9.78 Å². The summed E-state index contributed by atoms with van der Waals surface area (Å²) in [6.07, 6.45) is 2.53. The fraction of sp³-hybridized carbons (Fsp3) is 0.545. The third-order valence-corrected chi connectivity index (χ3v) is 4.07. The molecule has 0 radical (unpaired) electrons. The van der Waals surface area contributed by atoms with Gasteiger partial charge in [-0.2, -0.15) is 0 Å². The largest absolute Gasteiger partial charge is 0.409 e. The number of carbonyl (C=O) groups excluding carboxylic acids is 1. The third kappa shape index (κ3) is 2.85. The van der Waals surface area contributed by atoms with Crippen molar-refractivity contribution in [1.82, 2.24) is 10.3 Å². The molecule has 4 N–H and O–H groups in total. The van der Waals surface area contributed by atoms with Crippen molar-refractivity contribution < 1.29 is 14.7 Å². The maximum absolute atomic E-state index is 12.4. The minimum absolute atomic E-state index is 0.0578. The van der Waals surface area contributed by atoms with Gasteiger partial charge in [-0.05, 0) is 12.8 Å². The van der Waals surface area contributed by atoms with Gasteiger partial charge in [0.15, 0.2) is 5.84 Å². The molecule has 0 spiro atoms. The summed E-state index contributed by atoms with van der Waals surface area (Å²) in [4.78, 5) is 17.3. The van der Waals surface area contributed by atoms with E-state index in [0.29, 0.717) is 32.6 Å². The van der Waals surface area contributed by atoms with Crippen LogP contribution in [0.25, 0.3) is 0 Å². The van der Waals surface area contributed by atoms with Crippen molar-refractivity contribution in [3.05, 3.63) is 16.6 Å². The molecule has 8 heteroatoms. The number of nitrogens with two attached hydrogens (primary N) is 1. The maximum Gasteiger partial charge on any atom is 0.234 e. The Balaban J connectivity index is 2.07. The smallest absolute Gasteiger partial charge is 0.234 e. The Kier molecular flexibility index (Phi) is 4.33. The monoisotopic (exact) mass is 284 g/mol. The number of carbonyl (C=O) groups is 1. The van der Waals surface area contributed by atoms with Crippen molar-refractivity contribution in [2.45, 2.75) is 19.4 Å². The number of amidine groups is 1. The van der Waals surface area contributed by atoms with Crippen LogP contribution in [0, 0.1) is 5.41 Å². The molecule has 0 saturated carbocycles. The van der Waals surface area contributed by atoms with Crippen LogP contribution in [0.15, 0.2) is 16.9 Å². The van der Waals surface area contributed by atoms with Crippen LogP contribution in [0.3, 0.4) is 0 Å². The molecule has 1 amide bonds. The van der Waals surface area contributed by atoms with Gasteiger partial charge in [0.25, 0.3) is 0 Å². The molecular formula is C11H16N4O3S. The van der Waals surface area contributed by atoms with Gasteiger partial charge in [0.05, 0.1) is 12.1 Å². The molecule has 19 heavy (non-hydrogen) atoms. The van der Waals surface area contributed by atoms with E-state index in [4.69, 9.17) is 15.7 Å². The van der Waals surface area contributed by atoms with E-state index in [-0.39, 0.29) is 11.7 Å². The van der Waals surface area contributed by atoms with Crippen LogP contribution in [0.2, 0.25) is 0 Å². The number of oxime groups is 1. The van der Waals surface area contributed by atoms with E-state index in [1.54, 1.807) is 11.7 Å². The van der Waals surface area contributed by atoms with E-state index in [1.807, 2.05) is 0 Å². The SMILES string of the molecule is NC(=NO)C1(C(=O)NCc2cncs2)CCOCC1. The molecule has 0 bridgehead atoms. The molecule has 104 valence electrons. The Labute approximate surface area is 114 Å². The molecule has 1 aliphatic heterocycles. The van der Waals surface area contributed by atoms with Gasteiger partial charge in [0.1, 0.15) is 5.41 Å². The van der Waals surface area contributed by atoms with Crippen LogP contribution >= 0.6 is 11.3 Å². The van der Waals surface area contributed by atoms with Crippen molar-refractivity contribution in [3.63, 3.8) is 0 Å². The Morgan fingerprint density at radius 1 is 1.63 bits per heavy atom. The van der Waals surface area contributed by atoms with Gasteiger partial charge < -0.3 is 21.0 Å². The number of nitrogens with zero attached hydrogens (tertiary/aromatic N) is 2. The number of nitrogens with one attached hydrogen (secondary N) is 1. The van der Waals surface area contributed by atoms with Gasteiger partial charge in [-0.25, -0.2) is 0 Å². The zero-order chi connectivity index (χ0) is 13.7. The van der Waals surface area contributed by atoms with Crippen molar-refractivity contribution in [2.24, 2.45) is 16.3 Å². The quantitative estimate of drug-likeness (QED) is 0.319. The van der Waals surface area contributed by atoms with E-state index in [9.17, 15) is 4.79 Å². The summed E-state index contributed by atoms with van der Waals surface area (Å²) in [7, 11) is 0. The Hall–Kier alpha value is -1.67. The molecule has 0 unspecified atom stereocenters. The summed E-state index contributed by atoms with van der Waals surface area (Å²) in [6.45, 7) is 1.24. The molecule has 2 heterocycles. The second-order valence-corrected chi connectivity index (χ2v) is 5.30. The summed E-state index contributed by atoms with van der Waals surface area (Å²) in [6, 6.07) is 0. The van der Waals surface area contributed by atoms with Gasteiger partial charge in [0, 0.05) is 24.3 Å². The summed E-state index contributed by atoms with van der Waals surface area (Å²) in [5, 5.41) is 14.7. The number of aromatic nitrogens is 1. The summed E-state index contributed by atoms with van der Waals surface area (Å²) in [5.74, 6) is -0.294. The highest BCUT2D eigenvalue weighted by Gasteiger charge is 2.44. The molecule has 1 saturated heterocycles. The molecule has 0 aliphatic carbocycles. The summed E-state index contributed by atoms with van der Waals surface area (Å²) < 4.78 is 5.24. The van der Waals surface area contributed by atoms with E-state index >= 15 is 0 Å². The topological polar surface area (TPSA) is 110 Å². The lowest BCUT2D eigenvalue weighted by Gasteiger charge is -2.34. The number of hydrogen-bond acceptors (Lipinski definition) is 6. The highest BCUT2D eigenvalue weighted by molar-refractivity contribution is 7.09. The molecule has 1 aromatic rings. The van der Waals surface area contributed by atoms with Crippen molar-refractivity contribution in [3.8, 4) is 0 Å². The predicted octanol–water partition coefficient (Wildman–Crippen LogP) is 0.302. The molecular weight excluding hydrogens is 268 g/mol. The van der Waals surface area contributed by atoms with Crippen LogP contribution < -0.4 is 11.1 Å². The zero-order valence-corrected chi connectivity index (χ0v) is 11.2. The first-order chi connectivity index (χ1) is 9.19. The van der Waals surface area contributed by atoms with Crippen LogP contribution in [-0.2, 0) is 16.1 Å². The molecule has 0 aromatic carbocycles. The fourth-order valence-corrected chi connectivity index (χ4v) is 2.62. The van der Waals surface area contributed by atoms with Gasteiger partial charge in [-0.1, -0.05) is 5.16 Å². The van der Waals surface area contributed by atoms with E-state index in [1.165, 1.54) is 11.3 Å². The zero-order valence-electron chi connectivity index (χ0n) is 10.3. The van der Waals surface area contributed by atoms with Gasteiger partial charge in [-0.15, -0.1) is 11.3 Å². The van der Waals surface area contributed by atoms with E-state index in [0.717, 1.165) is 4.88 Å². The first-order valence-electron chi connectivity index (χ1n) is 5.90. The minimum Gasteiger partial charge on any atom is -0.409 e. The average Bonchev–Trinajstić information content (AvgIpc) is 2.97. The third-order valence-electron chi connectivity index (χ3n) is 3.29. The fourth-order valence-electron chi connectivity index (χ4n) is 2.08. The Bertz CT molecular complexity index is 455. The molecule has 1 fully saturated rings. The van der Waals surface area contributed by atoms with E-state index < -0.39 is 5.41 Å². The summed E-state index contributed by atoms with van der Waals surface area (Å²) >= 11 is 1.46. The second kappa shape index (κ2) is 5.98. The van der Waals surface area contributed by atoms with Gasteiger partial charge in [0.2, 0.25) is 5.91 Å². The number of amides is 1. The molecule has 7 nitrogen and oxygen atoms in total. The first kappa shape index (κ1) is 13.8. The average molecular weight is 284 g/mol. The highest BCUT2D eigenvalue weighted by atomic mass is 32.1. The Morgan fingerprint density at radius 3 is 2.95 bits per heavy atom. The number of rotatable bonds is 4. The summed E-state index contributed by atoms with van der Waals surface area (Å²) in [5.41, 5.74) is 6.44. The van der Waals surface area contributed by atoms with Crippen molar-refractivity contribution >= 4 is 23.1 Å². The number of hydrogen-bond donors (Lipinski definition) is 3. The second-order valence-electron chi connectivity index (χ2n) is 4.33. The lowest BCUT2D eigenvalue weighted by Crippen LogP contribution is -2.52. The molecule has 1 aromatic heterocycles. The predicted molar refractivity (Wildman–Crippen MR) is 69.9 cm³/mol. The van der Waals surface area contributed by atoms with E-state index in [2.05, 4.69) is 15.5 Å². The number of ether oxygens (including phenoxy) is 1. The highest BCUT2D eigenvalue weighted by Crippen LogP contribution is 2.31. The lowest BCUT2D eigenvalue weighted by molar-refractivity contribution is -0.131. The van der Waals surface area contributed by atoms with Crippen molar-refractivity contribution in [1.29, 1.82) is 0 Å². The molecule has 2 rings (SSSR count). The Morgan fingerprint density at radius 2 is 2.37 bits per heavy atom. The van der Waals surface area contributed by atoms with Crippen LogP contribution in [0.1, 0.15) is 17.7 Å². The number of thiazole rings is 1. The van der Waals surface area contributed by atoms with Crippen molar-refractivity contribution in [2.75, 3.05) is 13.2 Å². The normalized spacial score (nSPS) is 19.1. The minimum atomic E-state index is -0.975. The van der Waals surface area contributed by atoms with Gasteiger partial charge >= 0.3 is 0 Å². The maximum atomic E-state index is 12.4. The lowest BCUT2D eigenvalue weighted by atomic mass is 9.78. The first-order valence-corrected chi connectivity index (χ1v) is 6.78.